The van der Waals surface area contributed by atoms with Gasteiger partial charge in [0, 0.05) is 11.8 Å². The van der Waals surface area contributed by atoms with E-state index in [2.05, 4.69) is 0 Å². The van der Waals surface area contributed by atoms with Crippen LogP contribution in [0.4, 0.5) is 0 Å². The van der Waals surface area contributed by atoms with Crippen molar-refractivity contribution in [3.63, 3.8) is 0 Å². The number of rotatable bonds is 6. The van der Waals surface area contributed by atoms with E-state index < -0.39 is 81.8 Å². The highest BCUT2D eigenvalue weighted by Gasteiger charge is 2.49. The molecule has 0 heterocycles. The first-order valence-electron chi connectivity index (χ1n) is 15.3. The smallest absolute Gasteiger partial charge is 0.310 e. The van der Waals surface area contributed by atoms with Gasteiger partial charge in [-0.25, -0.2) is 0 Å². The van der Waals surface area contributed by atoms with Crippen LogP contribution in [0.15, 0.2) is 0 Å². The van der Waals surface area contributed by atoms with E-state index in [1.807, 2.05) is 0 Å². The molecule has 0 aromatic heterocycles. The van der Waals surface area contributed by atoms with Crippen LogP contribution in [0.2, 0.25) is 0 Å². The minimum Gasteiger partial charge on any atom is -0.460 e. The zero-order valence-electron chi connectivity index (χ0n) is 27.9. The molecule has 0 bridgehead atoms. The van der Waals surface area contributed by atoms with Crippen LogP contribution in [0.25, 0.3) is 0 Å². The summed E-state index contributed by atoms with van der Waals surface area (Å²) in [7, 11) is 0. The van der Waals surface area contributed by atoms with E-state index in [1.54, 1.807) is 83.1 Å². The maximum atomic E-state index is 13.9. The summed E-state index contributed by atoms with van der Waals surface area (Å²) in [6.45, 7) is 21.2. The van der Waals surface area contributed by atoms with Crippen LogP contribution in [-0.4, -0.2) is 52.1 Å². The fraction of sp³-hybridized carbons (Fsp3) is 0.848. The molecule has 42 heavy (non-hydrogen) atoms. The van der Waals surface area contributed by atoms with E-state index in [0.29, 0.717) is 25.7 Å². The molecule has 9 heteroatoms. The van der Waals surface area contributed by atoms with Gasteiger partial charge in [0.15, 0.2) is 0 Å². The minimum atomic E-state index is -0.818. The van der Waals surface area contributed by atoms with Gasteiger partial charge in [-0.05, 0) is 122 Å². The molecular formula is C33H54O9. The zero-order valence-corrected chi connectivity index (χ0v) is 27.9. The van der Waals surface area contributed by atoms with Crippen LogP contribution in [0.5, 0.6) is 0 Å². The quantitative estimate of drug-likeness (QED) is 0.270. The van der Waals surface area contributed by atoms with E-state index in [9.17, 15) is 24.0 Å². The lowest BCUT2D eigenvalue weighted by molar-refractivity contribution is -0.178. The predicted molar refractivity (Wildman–Crippen MR) is 157 cm³/mol. The van der Waals surface area contributed by atoms with Crippen LogP contribution in [0.1, 0.15) is 122 Å². The lowest BCUT2D eigenvalue weighted by atomic mass is 9.66. The van der Waals surface area contributed by atoms with Crippen molar-refractivity contribution in [3.8, 4) is 0 Å². The Morgan fingerprint density at radius 2 is 0.643 bits per heavy atom. The molecular weight excluding hydrogens is 540 g/mol. The third-order valence-corrected chi connectivity index (χ3v) is 7.34. The molecule has 0 N–H and O–H groups in total. The second-order valence-electron chi connectivity index (χ2n) is 16.0. The third kappa shape index (κ3) is 11.0. The minimum absolute atomic E-state index is 0.0533. The first-order valence-corrected chi connectivity index (χ1v) is 15.3. The Bertz CT molecular complexity index is 936. The van der Waals surface area contributed by atoms with Crippen LogP contribution < -0.4 is 0 Å². The summed E-state index contributed by atoms with van der Waals surface area (Å²) in [5.74, 6) is -6.04. The second-order valence-corrected chi connectivity index (χ2v) is 16.0. The van der Waals surface area contributed by atoms with Crippen molar-refractivity contribution in [1.29, 1.82) is 0 Å². The maximum Gasteiger partial charge on any atom is 0.310 e. The average Bonchev–Trinajstić information content (AvgIpc) is 2.78. The highest BCUT2D eigenvalue weighted by Crippen LogP contribution is 2.43. The summed E-state index contributed by atoms with van der Waals surface area (Å²) < 4.78 is 22.6. The van der Waals surface area contributed by atoms with Gasteiger partial charge >= 0.3 is 23.9 Å². The molecule has 2 aliphatic rings. The van der Waals surface area contributed by atoms with Crippen molar-refractivity contribution in [2.45, 2.75) is 144 Å². The van der Waals surface area contributed by atoms with Gasteiger partial charge in [0.2, 0.25) is 0 Å². The van der Waals surface area contributed by atoms with Crippen molar-refractivity contribution >= 4 is 29.7 Å². The Hall–Kier alpha value is -2.45. The fourth-order valence-corrected chi connectivity index (χ4v) is 5.79. The molecule has 0 aliphatic heterocycles. The zero-order chi connectivity index (χ0) is 32.4. The molecule has 6 atom stereocenters. The van der Waals surface area contributed by atoms with Crippen LogP contribution in [0.3, 0.4) is 0 Å². The normalized spacial score (nSPS) is 27.4. The molecule has 2 fully saturated rings. The van der Waals surface area contributed by atoms with Gasteiger partial charge in [0.25, 0.3) is 0 Å². The van der Waals surface area contributed by atoms with Gasteiger partial charge < -0.3 is 18.9 Å². The van der Waals surface area contributed by atoms with Gasteiger partial charge in [-0.1, -0.05) is 0 Å². The Balaban J connectivity index is 2.29. The van der Waals surface area contributed by atoms with Crippen molar-refractivity contribution in [1.82, 2.24) is 0 Å². The molecule has 0 saturated heterocycles. The first-order chi connectivity index (χ1) is 18.9. The van der Waals surface area contributed by atoms with Crippen LogP contribution in [-0.2, 0) is 42.9 Å². The molecule has 0 radical (unpaired) electrons. The molecule has 0 amide bonds. The van der Waals surface area contributed by atoms with Crippen molar-refractivity contribution in [2.24, 2.45) is 35.5 Å². The molecule has 240 valence electrons. The summed E-state index contributed by atoms with van der Waals surface area (Å²) in [6, 6.07) is 0. The Labute approximate surface area is 252 Å². The SMILES string of the molecule is CC(C)(C)OC(=O)C1CCC(C(=O)C2CCC(C(=O)OC(C)(C)C)C(C(=O)OC(C)(C)C)C2)CC1C(=O)OC(C)(C)C. The highest BCUT2D eigenvalue weighted by atomic mass is 16.6. The topological polar surface area (TPSA) is 122 Å². The lowest BCUT2D eigenvalue weighted by Gasteiger charge is -2.39. The van der Waals surface area contributed by atoms with Crippen molar-refractivity contribution < 1.29 is 42.9 Å². The van der Waals surface area contributed by atoms with Crippen molar-refractivity contribution in [3.05, 3.63) is 0 Å². The van der Waals surface area contributed by atoms with Crippen LogP contribution >= 0.6 is 0 Å². The predicted octanol–water partition coefficient (Wildman–Crippen LogP) is 5.99. The number of hydrogen-bond acceptors (Lipinski definition) is 9. The Kier molecular flexibility index (Phi) is 11.1. The standard InChI is InChI=1S/C33H54O9/c1-30(2,3)39-26(35)21-15-13-19(17-23(21)28(37)41-32(7,8)9)25(34)20-14-16-22(27(36)40-31(4,5)6)24(18-20)29(38)42-33(10,11)12/h19-24H,13-18H2,1-12H3. The van der Waals surface area contributed by atoms with E-state index in [1.165, 1.54) is 0 Å². The molecule has 2 aliphatic carbocycles. The molecule has 6 unspecified atom stereocenters. The summed E-state index contributed by atoms with van der Waals surface area (Å²) in [5, 5.41) is 0. The average molecular weight is 595 g/mol. The monoisotopic (exact) mass is 594 g/mol. The van der Waals surface area contributed by atoms with Gasteiger partial charge in [-0.3, -0.25) is 24.0 Å². The number of esters is 4. The number of Topliss-reactive ketones (excluding diaryl/α,β-unsaturated/α-hetero) is 1. The van der Waals surface area contributed by atoms with Gasteiger partial charge in [0.1, 0.15) is 28.2 Å². The summed E-state index contributed by atoms with van der Waals surface area (Å²) in [6.07, 6.45) is 1.81. The lowest BCUT2D eigenvalue weighted by Crippen LogP contribution is -2.46. The third-order valence-electron chi connectivity index (χ3n) is 7.34. The summed E-state index contributed by atoms with van der Waals surface area (Å²) in [5.41, 5.74) is -2.95. The fourth-order valence-electron chi connectivity index (χ4n) is 5.79. The van der Waals surface area contributed by atoms with E-state index in [4.69, 9.17) is 18.9 Å². The van der Waals surface area contributed by atoms with Crippen molar-refractivity contribution in [2.75, 3.05) is 0 Å². The number of carbonyl (C=O) groups excluding carboxylic acids is 5. The largest absolute Gasteiger partial charge is 0.460 e. The highest BCUT2D eigenvalue weighted by molar-refractivity contribution is 5.89. The molecule has 0 aromatic rings. The summed E-state index contributed by atoms with van der Waals surface area (Å²) in [4.78, 5) is 66.7. The molecule has 0 aromatic carbocycles. The molecule has 0 spiro atoms. The second kappa shape index (κ2) is 13.0. The van der Waals surface area contributed by atoms with Crippen LogP contribution in [0, 0.1) is 35.5 Å². The molecule has 2 saturated carbocycles. The number of carbonyl (C=O) groups is 5. The first kappa shape index (κ1) is 35.7. The van der Waals surface area contributed by atoms with Gasteiger partial charge in [0.05, 0.1) is 23.7 Å². The molecule has 2 rings (SSSR count). The van der Waals surface area contributed by atoms with E-state index >= 15 is 0 Å². The van der Waals surface area contributed by atoms with E-state index in [0.717, 1.165) is 0 Å². The number of ether oxygens (including phenoxy) is 4. The van der Waals surface area contributed by atoms with E-state index in [-0.39, 0.29) is 18.6 Å². The van der Waals surface area contributed by atoms with Gasteiger partial charge in [-0.15, -0.1) is 0 Å². The summed E-state index contributed by atoms with van der Waals surface area (Å²) >= 11 is 0. The van der Waals surface area contributed by atoms with Gasteiger partial charge in [-0.2, -0.15) is 0 Å². The molecule has 9 nitrogen and oxygen atoms in total. The Morgan fingerprint density at radius 1 is 0.405 bits per heavy atom. The maximum absolute atomic E-state index is 13.9. The number of ketones is 1. The number of hydrogen-bond donors (Lipinski definition) is 0. The Morgan fingerprint density at radius 3 is 0.881 bits per heavy atom.